The predicted octanol–water partition coefficient (Wildman–Crippen LogP) is 3.18. The van der Waals surface area contributed by atoms with E-state index in [4.69, 9.17) is 9.84 Å². The molecule has 0 unspecified atom stereocenters. The normalized spacial score (nSPS) is 13.8. The SMILES string of the molecule is CCCCOC(=O)C[C@@H](CC(=O)O)CC(C)(C)[Si](C)(C)O. The van der Waals surface area contributed by atoms with E-state index in [1.807, 2.05) is 33.9 Å². The molecular formula is C15H30O5Si. The number of carbonyl (C=O) groups excluding carboxylic acids is 1. The number of ether oxygens (including phenoxy) is 1. The second-order valence-electron chi connectivity index (χ2n) is 6.89. The fourth-order valence-corrected chi connectivity index (χ4v) is 2.85. The van der Waals surface area contributed by atoms with Crippen LogP contribution >= 0.6 is 0 Å². The molecule has 21 heavy (non-hydrogen) atoms. The first-order valence-corrected chi connectivity index (χ1v) is 10.5. The molecule has 1 atom stereocenters. The van der Waals surface area contributed by atoms with Gasteiger partial charge in [0.2, 0.25) is 0 Å². The van der Waals surface area contributed by atoms with Gasteiger partial charge in [0, 0.05) is 12.8 Å². The van der Waals surface area contributed by atoms with Crippen molar-refractivity contribution in [3.63, 3.8) is 0 Å². The molecular weight excluding hydrogens is 288 g/mol. The zero-order chi connectivity index (χ0) is 16.7. The Morgan fingerprint density at radius 2 is 1.81 bits per heavy atom. The van der Waals surface area contributed by atoms with Crippen LogP contribution in [-0.2, 0) is 14.3 Å². The molecule has 2 N–H and O–H groups in total. The average molecular weight is 318 g/mol. The first-order valence-electron chi connectivity index (χ1n) is 7.59. The summed E-state index contributed by atoms with van der Waals surface area (Å²) in [5.74, 6) is -1.57. The average Bonchev–Trinajstić information content (AvgIpc) is 2.25. The van der Waals surface area contributed by atoms with E-state index in [0.717, 1.165) is 12.8 Å². The fourth-order valence-electron chi connectivity index (χ4n) is 2.06. The van der Waals surface area contributed by atoms with Crippen molar-refractivity contribution in [2.75, 3.05) is 6.61 Å². The summed E-state index contributed by atoms with van der Waals surface area (Å²) in [6.45, 7) is 9.96. The lowest BCUT2D eigenvalue weighted by Crippen LogP contribution is -2.40. The van der Waals surface area contributed by atoms with E-state index < -0.39 is 14.3 Å². The highest BCUT2D eigenvalue weighted by molar-refractivity contribution is 6.72. The van der Waals surface area contributed by atoms with Gasteiger partial charge in [-0.2, -0.15) is 0 Å². The maximum atomic E-state index is 11.8. The molecule has 0 spiro atoms. The molecule has 0 amide bonds. The number of hydrogen-bond donors (Lipinski definition) is 2. The van der Waals surface area contributed by atoms with E-state index in [9.17, 15) is 14.4 Å². The summed E-state index contributed by atoms with van der Waals surface area (Å²) in [4.78, 5) is 33.1. The summed E-state index contributed by atoms with van der Waals surface area (Å²) in [6.07, 6.45) is 2.30. The lowest BCUT2D eigenvalue weighted by Gasteiger charge is -2.37. The van der Waals surface area contributed by atoms with Crippen LogP contribution in [0, 0.1) is 5.92 Å². The maximum absolute atomic E-state index is 11.8. The fraction of sp³-hybridized carbons (Fsp3) is 0.867. The number of carboxylic acids is 1. The van der Waals surface area contributed by atoms with Gasteiger partial charge in [0.25, 0.3) is 0 Å². The Labute approximate surface area is 128 Å². The van der Waals surface area contributed by atoms with Gasteiger partial charge in [-0.15, -0.1) is 0 Å². The van der Waals surface area contributed by atoms with Crippen molar-refractivity contribution in [3.8, 4) is 0 Å². The molecule has 0 aliphatic rings. The van der Waals surface area contributed by atoms with Crippen molar-refractivity contribution in [2.24, 2.45) is 5.92 Å². The van der Waals surface area contributed by atoms with Gasteiger partial charge in [-0.25, -0.2) is 0 Å². The molecule has 6 heteroatoms. The zero-order valence-corrected chi connectivity index (χ0v) is 14.9. The van der Waals surface area contributed by atoms with Gasteiger partial charge < -0.3 is 14.6 Å². The summed E-state index contributed by atoms with van der Waals surface area (Å²) >= 11 is 0. The van der Waals surface area contributed by atoms with Crippen molar-refractivity contribution < 1.29 is 24.2 Å². The third-order valence-corrected chi connectivity index (χ3v) is 7.65. The third-order valence-electron chi connectivity index (χ3n) is 4.13. The third kappa shape index (κ3) is 8.21. The molecule has 0 aromatic carbocycles. The van der Waals surface area contributed by atoms with Crippen LogP contribution in [0.4, 0.5) is 0 Å². The Kier molecular flexibility index (Phi) is 8.17. The van der Waals surface area contributed by atoms with Crippen LogP contribution < -0.4 is 0 Å². The lowest BCUT2D eigenvalue weighted by atomic mass is 9.90. The van der Waals surface area contributed by atoms with Crippen molar-refractivity contribution in [3.05, 3.63) is 0 Å². The minimum absolute atomic E-state index is 0.0726. The lowest BCUT2D eigenvalue weighted by molar-refractivity contribution is -0.145. The molecule has 0 bridgehead atoms. The Hall–Kier alpha value is -0.883. The monoisotopic (exact) mass is 318 g/mol. The Morgan fingerprint density at radius 1 is 1.24 bits per heavy atom. The summed E-state index contributed by atoms with van der Waals surface area (Å²) in [5.41, 5.74) is 0. The smallest absolute Gasteiger partial charge is 0.306 e. The van der Waals surface area contributed by atoms with E-state index in [0.29, 0.717) is 13.0 Å². The van der Waals surface area contributed by atoms with E-state index in [-0.39, 0.29) is 29.8 Å². The van der Waals surface area contributed by atoms with Crippen molar-refractivity contribution in [2.45, 2.75) is 71.0 Å². The summed E-state index contributed by atoms with van der Waals surface area (Å²) in [7, 11) is -2.43. The quantitative estimate of drug-likeness (QED) is 0.367. The molecule has 5 nitrogen and oxygen atoms in total. The molecule has 0 fully saturated rings. The highest BCUT2D eigenvalue weighted by Gasteiger charge is 2.40. The minimum atomic E-state index is -2.43. The Morgan fingerprint density at radius 3 is 2.24 bits per heavy atom. The Balaban J connectivity index is 4.66. The second kappa shape index (κ2) is 8.53. The minimum Gasteiger partial charge on any atom is -0.481 e. The number of carboxylic acid groups (broad SMARTS) is 1. The highest BCUT2D eigenvalue weighted by atomic mass is 28.4. The van der Waals surface area contributed by atoms with E-state index in [2.05, 4.69) is 0 Å². The van der Waals surface area contributed by atoms with Gasteiger partial charge in [0.05, 0.1) is 6.61 Å². The first-order chi connectivity index (χ1) is 9.49. The van der Waals surface area contributed by atoms with E-state index >= 15 is 0 Å². The Bertz CT molecular complexity index is 346. The number of aliphatic carboxylic acids is 1. The summed E-state index contributed by atoms with van der Waals surface area (Å²) < 4.78 is 5.11. The van der Waals surface area contributed by atoms with Crippen molar-refractivity contribution in [1.29, 1.82) is 0 Å². The van der Waals surface area contributed by atoms with Crippen molar-refractivity contribution >= 4 is 20.3 Å². The number of esters is 1. The predicted molar refractivity (Wildman–Crippen MR) is 84.6 cm³/mol. The molecule has 0 aliphatic carbocycles. The van der Waals surface area contributed by atoms with Crippen LogP contribution in [-0.4, -0.2) is 36.8 Å². The van der Waals surface area contributed by atoms with Gasteiger partial charge in [-0.3, -0.25) is 9.59 Å². The molecule has 124 valence electrons. The topological polar surface area (TPSA) is 83.8 Å². The van der Waals surface area contributed by atoms with Crippen LogP contribution in [0.5, 0.6) is 0 Å². The van der Waals surface area contributed by atoms with Gasteiger partial charge >= 0.3 is 11.9 Å². The number of carbonyl (C=O) groups is 2. The van der Waals surface area contributed by atoms with Crippen LogP contribution in [0.1, 0.15) is 52.9 Å². The zero-order valence-electron chi connectivity index (χ0n) is 13.9. The van der Waals surface area contributed by atoms with Crippen LogP contribution in [0.3, 0.4) is 0 Å². The van der Waals surface area contributed by atoms with Gasteiger partial charge in [-0.1, -0.05) is 27.2 Å². The second-order valence-corrected chi connectivity index (χ2v) is 11.4. The molecule has 0 rings (SSSR count). The van der Waals surface area contributed by atoms with Crippen molar-refractivity contribution in [1.82, 2.24) is 0 Å². The van der Waals surface area contributed by atoms with Gasteiger partial charge in [0.1, 0.15) is 0 Å². The van der Waals surface area contributed by atoms with E-state index in [1.54, 1.807) is 0 Å². The van der Waals surface area contributed by atoms with Crippen LogP contribution in [0.25, 0.3) is 0 Å². The summed E-state index contributed by atoms with van der Waals surface area (Å²) in [5, 5.41) is 8.66. The maximum Gasteiger partial charge on any atom is 0.306 e. The molecule has 0 saturated heterocycles. The van der Waals surface area contributed by atoms with Gasteiger partial charge in [0.15, 0.2) is 8.32 Å². The first kappa shape index (κ1) is 20.1. The molecule has 0 heterocycles. The highest BCUT2D eigenvalue weighted by Crippen LogP contribution is 2.42. The standard InChI is InChI=1S/C15H30O5Si/c1-6-7-8-20-14(18)10-12(9-13(16)17)11-15(2,3)21(4,5)19/h12,19H,6-11H2,1-5H3,(H,16,17)/t12-/m1/s1. The molecule has 0 saturated carbocycles. The summed E-state index contributed by atoms with van der Waals surface area (Å²) in [6, 6.07) is 0. The van der Waals surface area contributed by atoms with Crippen LogP contribution in [0.2, 0.25) is 18.1 Å². The van der Waals surface area contributed by atoms with Gasteiger partial charge in [-0.05, 0) is 36.9 Å². The molecule has 0 radical (unpaired) electrons. The number of unbranched alkanes of at least 4 members (excludes halogenated alkanes) is 1. The number of hydrogen-bond acceptors (Lipinski definition) is 4. The molecule has 0 aliphatic heterocycles. The largest absolute Gasteiger partial charge is 0.481 e. The molecule has 0 aromatic rings. The number of rotatable bonds is 10. The molecule has 0 aromatic heterocycles. The van der Waals surface area contributed by atoms with Crippen LogP contribution in [0.15, 0.2) is 0 Å². The van der Waals surface area contributed by atoms with E-state index in [1.165, 1.54) is 0 Å².